The van der Waals surface area contributed by atoms with Crippen molar-refractivity contribution in [3.05, 3.63) is 17.9 Å². The number of halogens is 3. The lowest BCUT2D eigenvalue weighted by atomic mass is 10.2. The molecule has 0 fully saturated rings. The molecule has 0 saturated carbocycles. The first-order valence-electron chi connectivity index (χ1n) is 5.32. The van der Waals surface area contributed by atoms with Gasteiger partial charge < -0.3 is 20.9 Å². The van der Waals surface area contributed by atoms with Crippen LogP contribution in [0.4, 0.5) is 24.5 Å². The van der Waals surface area contributed by atoms with Gasteiger partial charge in [-0.2, -0.15) is 8.78 Å². The van der Waals surface area contributed by atoms with Crippen molar-refractivity contribution in [1.82, 2.24) is 0 Å². The molecule has 1 unspecified atom stereocenters. The van der Waals surface area contributed by atoms with E-state index in [9.17, 15) is 13.2 Å². The van der Waals surface area contributed by atoms with E-state index in [2.05, 4.69) is 10.1 Å². The number of rotatable bonds is 6. The maximum absolute atomic E-state index is 13.2. The molecule has 0 aliphatic rings. The molecule has 1 aromatic carbocycles. The molecule has 0 amide bonds. The predicted octanol–water partition coefficient (Wildman–Crippen LogP) is 2.05. The van der Waals surface area contributed by atoms with Crippen LogP contribution in [-0.4, -0.2) is 24.9 Å². The number of benzene rings is 1. The molecular weight excluding hydrogens is 249 g/mol. The van der Waals surface area contributed by atoms with Crippen LogP contribution in [0.3, 0.4) is 0 Å². The maximum Gasteiger partial charge on any atom is 0.387 e. The summed E-state index contributed by atoms with van der Waals surface area (Å²) in [6.45, 7) is -0.981. The van der Waals surface area contributed by atoms with E-state index in [-0.39, 0.29) is 23.9 Å². The lowest BCUT2D eigenvalue weighted by molar-refractivity contribution is -0.0521. The Labute approximate surface area is 103 Å². The number of aliphatic hydroxyl groups excluding tert-OH is 1. The van der Waals surface area contributed by atoms with Gasteiger partial charge in [-0.05, 0) is 5.92 Å². The topological polar surface area (TPSA) is 67.5 Å². The first-order chi connectivity index (χ1) is 8.43. The van der Waals surface area contributed by atoms with Crippen molar-refractivity contribution in [2.24, 2.45) is 5.92 Å². The summed E-state index contributed by atoms with van der Waals surface area (Å²) >= 11 is 0. The smallest absolute Gasteiger partial charge is 0.387 e. The van der Waals surface area contributed by atoms with Crippen molar-refractivity contribution in [3.63, 3.8) is 0 Å². The zero-order valence-electron chi connectivity index (χ0n) is 9.79. The Morgan fingerprint density at radius 2 is 2.11 bits per heavy atom. The molecule has 102 valence electrons. The van der Waals surface area contributed by atoms with Crippen LogP contribution in [0.5, 0.6) is 5.75 Å². The number of aliphatic hydroxyl groups is 1. The van der Waals surface area contributed by atoms with Gasteiger partial charge >= 0.3 is 6.61 Å². The molecule has 1 atom stereocenters. The average molecular weight is 264 g/mol. The Kier molecular flexibility index (Phi) is 5.08. The van der Waals surface area contributed by atoms with Crippen LogP contribution < -0.4 is 15.8 Å². The van der Waals surface area contributed by atoms with Gasteiger partial charge in [0.05, 0.1) is 11.4 Å². The van der Waals surface area contributed by atoms with Gasteiger partial charge in [0.15, 0.2) is 11.6 Å². The molecular formula is C11H15F3N2O2. The molecule has 0 aromatic heterocycles. The molecule has 7 heteroatoms. The molecule has 0 heterocycles. The number of hydrogen-bond acceptors (Lipinski definition) is 4. The molecule has 18 heavy (non-hydrogen) atoms. The predicted molar refractivity (Wildman–Crippen MR) is 62.2 cm³/mol. The van der Waals surface area contributed by atoms with E-state index in [1.165, 1.54) is 0 Å². The summed E-state index contributed by atoms with van der Waals surface area (Å²) in [6.07, 6.45) is 0. The van der Waals surface area contributed by atoms with E-state index >= 15 is 0 Å². The van der Waals surface area contributed by atoms with Gasteiger partial charge in [-0.25, -0.2) is 4.39 Å². The van der Waals surface area contributed by atoms with Crippen molar-refractivity contribution >= 4 is 11.4 Å². The highest BCUT2D eigenvalue weighted by atomic mass is 19.3. The molecule has 4 nitrogen and oxygen atoms in total. The molecule has 0 spiro atoms. The monoisotopic (exact) mass is 264 g/mol. The third kappa shape index (κ3) is 3.99. The lowest BCUT2D eigenvalue weighted by Gasteiger charge is -2.15. The minimum atomic E-state index is -3.10. The number of nitrogens with one attached hydrogen (secondary N) is 1. The van der Waals surface area contributed by atoms with Crippen LogP contribution in [-0.2, 0) is 0 Å². The maximum atomic E-state index is 13.2. The molecule has 1 rings (SSSR count). The SMILES string of the molecule is CC(CO)CNc1cc(OC(F)F)c(F)cc1N. The van der Waals surface area contributed by atoms with Gasteiger partial charge in [0.2, 0.25) is 0 Å². The van der Waals surface area contributed by atoms with E-state index in [0.717, 1.165) is 12.1 Å². The second-order valence-corrected chi connectivity index (χ2v) is 3.92. The second-order valence-electron chi connectivity index (χ2n) is 3.92. The van der Waals surface area contributed by atoms with Gasteiger partial charge in [0.25, 0.3) is 0 Å². The van der Waals surface area contributed by atoms with Crippen molar-refractivity contribution in [1.29, 1.82) is 0 Å². The fourth-order valence-electron chi connectivity index (χ4n) is 1.26. The fraction of sp³-hybridized carbons (Fsp3) is 0.455. The summed E-state index contributed by atoms with van der Waals surface area (Å²) in [4.78, 5) is 0. The highest BCUT2D eigenvalue weighted by molar-refractivity contribution is 5.68. The summed E-state index contributed by atoms with van der Waals surface area (Å²) < 4.78 is 41.3. The highest BCUT2D eigenvalue weighted by Gasteiger charge is 2.13. The standard InChI is InChI=1S/C11H15F3N2O2/c1-6(5-17)4-16-9-3-10(18-11(13)14)7(12)2-8(9)15/h2-3,6,11,16-17H,4-5,15H2,1H3. The van der Waals surface area contributed by atoms with Gasteiger partial charge in [-0.1, -0.05) is 6.92 Å². The second kappa shape index (κ2) is 6.34. The minimum absolute atomic E-state index is 0.0332. The molecule has 0 aliphatic carbocycles. The Morgan fingerprint density at radius 1 is 1.44 bits per heavy atom. The molecule has 1 aromatic rings. The first-order valence-corrected chi connectivity index (χ1v) is 5.32. The van der Waals surface area contributed by atoms with Crippen molar-refractivity contribution < 1.29 is 23.0 Å². The van der Waals surface area contributed by atoms with E-state index in [0.29, 0.717) is 6.54 Å². The summed E-state index contributed by atoms with van der Waals surface area (Å²) in [7, 11) is 0. The average Bonchev–Trinajstić information content (AvgIpc) is 2.30. The lowest BCUT2D eigenvalue weighted by Crippen LogP contribution is -2.15. The zero-order valence-corrected chi connectivity index (χ0v) is 9.79. The van der Waals surface area contributed by atoms with Crippen molar-refractivity contribution in [3.8, 4) is 5.75 Å². The van der Waals surface area contributed by atoms with Gasteiger partial charge in [0.1, 0.15) is 0 Å². The number of nitrogens with two attached hydrogens (primary N) is 1. The van der Waals surface area contributed by atoms with E-state index in [1.54, 1.807) is 6.92 Å². The molecule has 0 radical (unpaired) electrons. The number of nitrogen functional groups attached to an aromatic ring is 1. The number of hydrogen-bond donors (Lipinski definition) is 3. The van der Waals surface area contributed by atoms with E-state index in [1.807, 2.05) is 0 Å². The van der Waals surface area contributed by atoms with Gasteiger partial charge in [-0.3, -0.25) is 0 Å². The third-order valence-corrected chi connectivity index (χ3v) is 2.27. The van der Waals surface area contributed by atoms with Gasteiger partial charge in [-0.15, -0.1) is 0 Å². The van der Waals surface area contributed by atoms with Crippen LogP contribution in [0.2, 0.25) is 0 Å². The van der Waals surface area contributed by atoms with Crippen LogP contribution in [0.15, 0.2) is 12.1 Å². The Hall–Kier alpha value is -1.63. The summed E-state index contributed by atoms with van der Waals surface area (Å²) in [5.41, 5.74) is 5.91. The molecule has 0 aliphatic heterocycles. The van der Waals surface area contributed by atoms with E-state index in [4.69, 9.17) is 10.8 Å². The molecule has 4 N–H and O–H groups in total. The van der Waals surface area contributed by atoms with Crippen LogP contribution >= 0.6 is 0 Å². The number of anilines is 2. The van der Waals surface area contributed by atoms with Crippen LogP contribution in [0.25, 0.3) is 0 Å². The summed E-state index contributed by atoms with van der Waals surface area (Å²) in [5.74, 6) is -1.57. The number of ether oxygens (including phenoxy) is 1. The number of alkyl halides is 2. The summed E-state index contributed by atoms with van der Waals surface area (Å²) in [6, 6.07) is 1.98. The molecule has 0 saturated heterocycles. The highest BCUT2D eigenvalue weighted by Crippen LogP contribution is 2.29. The zero-order chi connectivity index (χ0) is 13.7. The summed E-state index contributed by atoms with van der Waals surface area (Å²) in [5, 5.41) is 11.7. The fourth-order valence-corrected chi connectivity index (χ4v) is 1.26. The molecule has 0 bridgehead atoms. The van der Waals surface area contributed by atoms with E-state index < -0.39 is 18.2 Å². The first kappa shape index (κ1) is 14.4. The quantitative estimate of drug-likeness (QED) is 0.688. The third-order valence-electron chi connectivity index (χ3n) is 2.27. The largest absolute Gasteiger partial charge is 0.432 e. The Balaban J connectivity index is 2.84. The van der Waals surface area contributed by atoms with Crippen LogP contribution in [0.1, 0.15) is 6.92 Å². The van der Waals surface area contributed by atoms with Crippen molar-refractivity contribution in [2.45, 2.75) is 13.5 Å². The van der Waals surface area contributed by atoms with Crippen LogP contribution in [0, 0.1) is 11.7 Å². The minimum Gasteiger partial charge on any atom is -0.432 e. The Morgan fingerprint density at radius 3 is 2.67 bits per heavy atom. The normalized spacial score (nSPS) is 12.6. The van der Waals surface area contributed by atoms with Crippen molar-refractivity contribution in [2.75, 3.05) is 24.2 Å². The van der Waals surface area contributed by atoms with Gasteiger partial charge in [0, 0.05) is 25.3 Å². The Bertz CT molecular complexity index is 402.